The number of para-hydroxylation sites is 1. The molecule has 0 saturated carbocycles. The molecule has 3 heterocycles. The van der Waals surface area contributed by atoms with Crippen LogP contribution >= 0.6 is 11.3 Å². The van der Waals surface area contributed by atoms with Gasteiger partial charge in [-0.15, -0.1) is 11.3 Å². The number of hydrogen-bond acceptors (Lipinski definition) is 3. The maximum Gasteiger partial charge on any atom is 0.235 e. The summed E-state index contributed by atoms with van der Waals surface area (Å²) in [7, 11) is 0. The molecule has 0 spiro atoms. The molecular formula is C28H17N3S. The summed E-state index contributed by atoms with van der Waals surface area (Å²) in [4.78, 5) is 9.65. The van der Waals surface area contributed by atoms with Crippen molar-refractivity contribution in [2.24, 2.45) is 0 Å². The summed E-state index contributed by atoms with van der Waals surface area (Å²) >= 11 is 1.86. The number of aromatic nitrogens is 3. The summed E-state index contributed by atoms with van der Waals surface area (Å²) in [6.07, 6.45) is 1.85. The van der Waals surface area contributed by atoms with Gasteiger partial charge in [0.25, 0.3) is 0 Å². The predicted octanol–water partition coefficient (Wildman–Crippen LogP) is 7.61. The maximum atomic E-state index is 4.96. The van der Waals surface area contributed by atoms with Crippen LogP contribution in [-0.2, 0) is 0 Å². The first-order chi connectivity index (χ1) is 15.9. The van der Waals surface area contributed by atoms with Gasteiger partial charge >= 0.3 is 0 Å². The zero-order valence-corrected chi connectivity index (χ0v) is 17.9. The summed E-state index contributed by atoms with van der Waals surface area (Å²) in [5, 5.41) is 5.12. The van der Waals surface area contributed by atoms with Gasteiger partial charge in [0, 0.05) is 42.7 Å². The fourth-order valence-electron chi connectivity index (χ4n) is 4.68. The molecular weight excluding hydrogens is 410 g/mol. The third kappa shape index (κ3) is 2.47. The Morgan fingerprint density at radius 1 is 0.625 bits per heavy atom. The van der Waals surface area contributed by atoms with Crippen LogP contribution in [0.25, 0.3) is 59.2 Å². The molecule has 32 heavy (non-hydrogen) atoms. The number of fused-ring (bicyclic) bond motifs is 7. The minimum atomic E-state index is 0.693. The zero-order valence-electron chi connectivity index (χ0n) is 17.1. The normalized spacial score (nSPS) is 11.8. The fraction of sp³-hybridized carbons (Fsp3) is 0. The first-order valence-corrected chi connectivity index (χ1v) is 11.4. The average Bonchev–Trinajstić information content (AvgIpc) is 3.40. The number of benzene rings is 4. The highest BCUT2D eigenvalue weighted by Gasteiger charge is 2.18. The minimum Gasteiger partial charge on any atom is -0.278 e. The van der Waals surface area contributed by atoms with Crippen LogP contribution in [0.3, 0.4) is 0 Å². The topological polar surface area (TPSA) is 30.7 Å². The van der Waals surface area contributed by atoms with Crippen molar-refractivity contribution >= 4 is 53.3 Å². The van der Waals surface area contributed by atoms with Gasteiger partial charge in [-0.05, 0) is 24.3 Å². The van der Waals surface area contributed by atoms with Crippen molar-refractivity contribution in [3.63, 3.8) is 0 Å². The van der Waals surface area contributed by atoms with E-state index in [2.05, 4.69) is 82.3 Å². The van der Waals surface area contributed by atoms with Gasteiger partial charge < -0.3 is 0 Å². The van der Waals surface area contributed by atoms with E-state index in [9.17, 15) is 0 Å². The van der Waals surface area contributed by atoms with Gasteiger partial charge in [-0.25, -0.2) is 9.97 Å². The lowest BCUT2D eigenvalue weighted by Crippen LogP contribution is -2.01. The van der Waals surface area contributed by atoms with E-state index in [1.54, 1.807) is 0 Å². The van der Waals surface area contributed by atoms with E-state index in [0.29, 0.717) is 5.95 Å². The van der Waals surface area contributed by atoms with Gasteiger partial charge in [-0.2, -0.15) is 0 Å². The van der Waals surface area contributed by atoms with Gasteiger partial charge in [0.1, 0.15) is 0 Å². The van der Waals surface area contributed by atoms with Crippen LogP contribution in [-0.4, -0.2) is 14.5 Å². The lowest BCUT2D eigenvalue weighted by molar-refractivity contribution is 0.992. The summed E-state index contributed by atoms with van der Waals surface area (Å²) in [5.74, 6) is 0.693. The highest BCUT2D eigenvalue weighted by Crippen LogP contribution is 2.42. The van der Waals surface area contributed by atoms with Crippen molar-refractivity contribution in [2.45, 2.75) is 0 Å². The Morgan fingerprint density at radius 2 is 1.41 bits per heavy atom. The van der Waals surface area contributed by atoms with Crippen molar-refractivity contribution in [1.29, 1.82) is 0 Å². The number of nitrogens with zero attached hydrogens (tertiary/aromatic N) is 3. The molecule has 3 nitrogen and oxygen atoms in total. The first kappa shape index (κ1) is 17.6. The molecule has 150 valence electrons. The van der Waals surface area contributed by atoms with Crippen molar-refractivity contribution in [1.82, 2.24) is 14.5 Å². The Kier molecular flexibility index (Phi) is 3.72. The number of thiophene rings is 1. The van der Waals surface area contributed by atoms with Crippen molar-refractivity contribution in [3.05, 3.63) is 103 Å². The standard InChI is InChI=1S/C28H17N3S/c1-2-8-18(9-3-1)22-16-17-29-28(30-22)31-23-12-6-4-11-21(23)26-24(31)15-14-20-19-10-5-7-13-25(19)32-27(20)26/h1-17H. The molecule has 0 atom stereocenters. The lowest BCUT2D eigenvalue weighted by Gasteiger charge is -2.08. The second-order valence-corrected chi connectivity index (χ2v) is 8.95. The summed E-state index contributed by atoms with van der Waals surface area (Å²) < 4.78 is 4.83. The number of rotatable bonds is 2. The molecule has 0 aliphatic rings. The quantitative estimate of drug-likeness (QED) is 0.284. The van der Waals surface area contributed by atoms with Crippen molar-refractivity contribution < 1.29 is 0 Å². The van der Waals surface area contributed by atoms with Crippen LogP contribution in [0, 0.1) is 0 Å². The fourth-order valence-corrected chi connectivity index (χ4v) is 5.94. The molecule has 0 unspecified atom stereocenters. The zero-order chi connectivity index (χ0) is 21.1. The molecule has 0 radical (unpaired) electrons. The van der Waals surface area contributed by atoms with E-state index in [-0.39, 0.29) is 0 Å². The van der Waals surface area contributed by atoms with Gasteiger partial charge in [-0.3, -0.25) is 4.57 Å². The van der Waals surface area contributed by atoms with E-state index < -0.39 is 0 Å². The smallest absolute Gasteiger partial charge is 0.235 e. The van der Waals surface area contributed by atoms with Crippen LogP contribution in [0.1, 0.15) is 0 Å². The van der Waals surface area contributed by atoms with Crippen LogP contribution in [0.5, 0.6) is 0 Å². The van der Waals surface area contributed by atoms with Crippen LogP contribution in [0.2, 0.25) is 0 Å². The molecule has 4 heteroatoms. The largest absolute Gasteiger partial charge is 0.278 e. The van der Waals surface area contributed by atoms with Crippen molar-refractivity contribution in [2.75, 3.05) is 0 Å². The Hall–Kier alpha value is -4.02. The molecule has 0 aliphatic heterocycles. The molecule has 0 N–H and O–H groups in total. The molecule has 0 bridgehead atoms. The molecule has 4 aromatic carbocycles. The van der Waals surface area contributed by atoms with E-state index in [4.69, 9.17) is 4.98 Å². The van der Waals surface area contributed by atoms with Crippen LogP contribution in [0.15, 0.2) is 103 Å². The monoisotopic (exact) mass is 427 g/mol. The highest BCUT2D eigenvalue weighted by molar-refractivity contribution is 7.26. The molecule has 0 aliphatic carbocycles. The van der Waals surface area contributed by atoms with Crippen molar-refractivity contribution in [3.8, 4) is 17.2 Å². The SMILES string of the molecule is c1ccc(-c2ccnc(-n3c4ccccc4c4c5sc6ccccc6c5ccc43)n2)cc1. The van der Waals surface area contributed by atoms with Gasteiger partial charge in [0.05, 0.1) is 16.7 Å². The Balaban J connectivity index is 1.59. The van der Waals surface area contributed by atoms with E-state index >= 15 is 0 Å². The van der Waals surface area contributed by atoms with Gasteiger partial charge in [0.2, 0.25) is 5.95 Å². The maximum absolute atomic E-state index is 4.96. The second-order valence-electron chi connectivity index (χ2n) is 7.90. The number of hydrogen-bond donors (Lipinski definition) is 0. The summed E-state index contributed by atoms with van der Waals surface area (Å²) in [5.41, 5.74) is 4.27. The molecule has 0 amide bonds. The van der Waals surface area contributed by atoms with E-state index in [0.717, 1.165) is 22.3 Å². The molecule has 3 aromatic heterocycles. The van der Waals surface area contributed by atoms with Crippen LogP contribution in [0.4, 0.5) is 0 Å². The molecule has 0 saturated heterocycles. The third-order valence-corrected chi connectivity index (χ3v) is 7.30. The Bertz CT molecular complexity index is 1780. The molecule has 0 fully saturated rings. The average molecular weight is 428 g/mol. The van der Waals surface area contributed by atoms with E-state index in [1.165, 1.54) is 30.9 Å². The van der Waals surface area contributed by atoms with Gasteiger partial charge in [0.15, 0.2) is 0 Å². The second kappa shape index (κ2) is 6.74. The first-order valence-electron chi connectivity index (χ1n) is 10.6. The predicted molar refractivity (Wildman–Crippen MR) is 135 cm³/mol. The summed E-state index contributed by atoms with van der Waals surface area (Å²) in [6, 6.07) is 33.9. The Labute approximate surface area is 188 Å². The summed E-state index contributed by atoms with van der Waals surface area (Å²) in [6.45, 7) is 0. The molecule has 7 rings (SSSR count). The highest BCUT2D eigenvalue weighted by atomic mass is 32.1. The third-order valence-electron chi connectivity index (χ3n) is 6.09. The Morgan fingerprint density at radius 3 is 2.31 bits per heavy atom. The molecule has 7 aromatic rings. The van der Waals surface area contributed by atoms with Crippen LogP contribution < -0.4 is 0 Å². The lowest BCUT2D eigenvalue weighted by atomic mass is 10.1. The van der Waals surface area contributed by atoms with E-state index in [1.807, 2.05) is 41.8 Å². The minimum absolute atomic E-state index is 0.693. The van der Waals surface area contributed by atoms with Gasteiger partial charge in [-0.1, -0.05) is 72.8 Å².